The molecule has 0 saturated carbocycles. The van der Waals surface area contributed by atoms with Crippen LogP contribution in [-0.4, -0.2) is 27.5 Å². The second kappa shape index (κ2) is 4.84. The Morgan fingerprint density at radius 1 is 1.53 bits per heavy atom. The predicted molar refractivity (Wildman–Crippen MR) is 65.6 cm³/mol. The second-order valence-electron chi connectivity index (χ2n) is 4.09. The molecule has 0 saturated heterocycles. The molecule has 17 heavy (non-hydrogen) atoms. The first kappa shape index (κ1) is 12.0. The average Bonchev–Trinajstić information content (AvgIpc) is 2.36. The SMILES string of the molecule is C/C=C(/C)C(=O)N1CCc2nnc(Cl)cc2C1. The second-order valence-corrected chi connectivity index (χ2v) is 4.47. The van der Waals surface area contributed by atoms with E-state index in [9.17, 15) is 4.79 Å². The number of fused-ring (bicyclic) bond motifs is 1. The molecular formula is C12H14ClN3O. The van der Waals surface area contributed by atoms with Crippen LogP contribution in [0.3, 0.4) is 0 Å². The quantitative estimate of drug-likeness (QED) is 0.717. The van der Waals surface area contributed by atoms with Crippen LogP contribution < -0.4 is 0 Å². The van der Waals surface area contributed by atoms with Crippen LogP contribution in [0.25, 0.3) is 0 Å². The molecule has 1 aliphatic rings. The van der Waals surface area contributed by atoms with Gasteiger partial charge in [0.05, 0.1) is 5.69 Å². The van der Waals surface area contributed by atoms with Crippen LogP contribution in [0.4, 0.5) is 0 Å². The Bertz CT molecular complexity index is 485. The van der Waals surface area contributed by atoms with Crippen molar-refractivity contribution in [2.24, 2.45) is 0 Å². The van der Waals surface area contributed by atoms with Gasteiger partial charge < -0.3 is 4.90 Å². The molecule has 0 spiro atoms. The lowest BCUT2D eigenvalue weighted by Crippen LogP contribution is -2.36. The maximum atomic E-state index is 12.0. The highest BCUT2D eigenvalue weighted by molar-refractivity contribution is 6.29. The van der Waals surface area contributed by atoms with E-state index >= 15 is 0 Å². The van der Waals surface area contributed by atoms with E-state index in [1.165, 1.54) is 0 Å². The van der Waals surface area contributed by atoms with Gasteiger partial charge in [0.15, 0.2) is 5.15 Å². The van der Waals surface area contributed by atoms with Crippen LogP contribution in [0.1, 0.15) is 25.1 Å². The molecule has 0 atom stereocenters. The molecule has 1 aliphatic heterocycles. The number of amides is 1. The third-order valence-corrected chi connectivity index (χ3v) is 3.15. The molecule has 1 aromatic heterocycles. The lowest BCUT2D eigenvalue weighted by Gasteiger charge is -2.28. The van der Waals surface area contributed by atoms with Crippen LogP contribution in [0.2, 0.25) is 5.15 Å². The molecule has 0 N–H and O–H groups in total. The van der Waals surface area contributed by atoms with Crippen LogP contribution in [0.15, 0.2) is 17.7 Å². The van der Waals surface area contributed by atoms with Crippen molar-refractivity contribution in [2.45, 2.75) is 26.8 Å². The fourth-order valence-electron chi connectivity index (χ4n) is 1.85. The minimum Gasteiger partial charge on any atom is -0.334 e. The summed E-state index contributed by atoms with van der Waals surface area (Å²) < 4.78 is 0. The van der Waals surface area contributed by atoms with Gasteiger partial charge in [-0.3, -0.25) is 4.79 Å². The zero-order valence-corrected chi connectivity index (χ0v) is 10.7. The molecule has 0 aromatic carbocycles. The smallest absolute Gasteiger partial charge is 0.249 e. The Labute approximate surface area is 105 Å². The molecule has 0 unspecified atom stereocenters. The lowest BCUT2D eigenvalue weighted by atomic mass is 10.1. The Morgan fingerprint density at radius 3 is 3.00 bits per heavy atom. The van der Waals surface area contributed by atoms with Gasteiger partial charge in [0, 0.05) is 25.1 Å². The number of aromatic nitrogens is 2. The summed E-state index contributed by atoms with van der Waals surface area (Å²) in [6.45, 7) is 4.95. The normalized spacial score (nSPS) is 15.7. The summed E-state index contributed by atoms with van der Waals surface area (Å²) in [6.07, 6.45) is 2.57. The van der Waals surface area contributed by atoms with Gasteiger partial charge in [-0.05, 0) is 25.5 Å². The van der Waals surface area contributed by atoms with Crippen LogP contribution >= 0.6 is 11.6 Å². The number of hydrogen-bond donors (Lipinski definition) is 0. The first-order chi connectivity index (χ1) is 8.11. The van der Waals surface area contributed by atoms with Crippen molar-refractivity contribution in [3.05, 3.63) is 34.1 Å². The van der Waals surface area contributed by atoms with E-state index in [0.717, 1.165) is 23.3 Å². The largest absolute Gasteiger partial charge is 0.334 e. The minimum atomic E-state index is 0.0751. The molecule has 90 valence electrons. The number of rotatable bonds is 1. The molecule has 0 fully saturated rings. The number of allylic oxidation sites excluding steroid dienone is 1. The maximum absolute atomic E-state index is 12.0. The molecule has 0 radical (unpaired) electrons. The van der Waals surface area contributed by atoms with E-state index in [0.29, 0.717) is 18.2 Å². The van der Waals surface area contributed by atoms with E-state index in [1.807, 2.05) is 24.8 Å². The fourth-order valence-corrected chi connectivity index (χ4v) is 2.02. The highest BCUT2D eigenvalue weighted by Crippen LogP contribution is 2.20. The van der Waals surface area contributed by atoms with Crippen LogP contribution in [0.5, 0.6) is 0 Å². The van der Waals surface area contributed by atoms with Crippen molar-refractivity contribution in [1.82, 2.24) is 15.1 Å². The summed E-state index contributed by atoms with van der Waals surface area (Å²) in [5.41, 5.74) is 2.70. The number of carbonyl (C=O) groups is 1. The molecule has 4 nitrogen and oxygen atoms in total. The first-order valence-electron chi connectivity index (χ1n) is 5.55. The summed E-state index contributed by atoms with van der Waals surface area (Å²) >= 11 is 5.81. The van der Waals surface area contributed by atoms with Gasteiger partial charge in [0.25, 0.3) is 0 Å². The summed E-state index contributed by atoms with van der Waals surface area (Å²) in [7, 11) is 0. The van der Waals surface area contributed by atoms with Gasteiger partial charge in [0.1, 0.15) is 0 Å². The van der Waals surface area contributed by atoms with Crippen LogP contribution in [0, 0.1) is 0 Å². The Hall–Kier alpha value is -1.42. The minimum absolute atomic E-state index is 0.0751. The Kier molecular flexibility index (Phi) is 3.43. The summed E-state index contributed by atoms with van der Waals surface area (Å²) in [5, 5.41) is 8.23. The molecule has 1 amide bonds. The van der Waals surface area contributed by atoms with Crippen molar-refractivity contribution in [2.75, 3.05) is 6.54 Å². The molecule has 1 aromatic rings. The summed E-state index contributed by atoms with van der Waals surface area (Å²) in [4.78, 5) is 13.8. The Morgan fingerprint density at radius 2 is 2.29 bits per heavy atom. The summed E-state index contributed by atoms with van der Waals surface area (Å²) in [6, 6.07) is 1.79. The number of hydrogen-bond acceptors (Lipinski definition) is 3. The van der Waals surface area contributed by atoms with Crippen molar-refractivity contribution in [1.29, 1.82) is 0 Å². The third-order valence-electron chi connectivity index (χ3n) is 2.97. The molecule has 0 aliphatic carbocycles. The van der Waals surface area contributed by atoms with E-state index < -0.39 is 0 Å². The van der Waals surface area contributed by atoms with Gasteiger partial charge in [-0.1, -0.05) is 17.7 Å². The Balaban J connectivity index is 2.21. The van der Waals surface area contributed by atoms with Gasteiger partial charge >= 0.3 is 0 Å². The first-order valence-corrected chi connectivity index (χ1v) is 5.92. The standard InChI is InChI=1S/C12H14ClN3O/c1-3-8(2)12(17)16-5-4-10-9(7-16)6-11(13)15-14-10/h3,6H,4-5,7H2,1-2H3/b8-3-. The van der Waals surface area contributed by atoms with Gasteiger partial charge in [-0.2, -0.15) is 5.10 Å². The topological polar surface area (TPSA) is 46.1 Å². The van der Waals surface area contributed by atoms with E-state index in [4.69, 9.17) is 11.6 Å². The van der Waals surface area contributed by atoms with Crippen molar-refractivity contribution < 1.29 is 4.79 Å². The molecular weight excluding hydrogens is 238 g/mol. The highest BCUT2D eigenvalue weighted by atomic mass is 35.5. The zero-order valence-electron chi connectivity index (χ0n) is 9.90. The molecule has 5 heteroatoms. The van der Waals surface area contributed by atoms with Gasteiger partial charge in [0.2, 0.25) is 5.91 Å². The summed E-state index contributed by atoms with van der Waals surface area (Å²) in [5.74, 6) is 0.0751. The number of halogens is 1. The number of carbonyl (C=O) groups excluding carboxylic acids is 1. The zero-order chi connectivity index (χ0) is 12.4. The van der Waals surface area contributed by atoms with Crippen molar-refractivity contribution in [3.8, 4) is 0 Å². The highest BCUT2D eigenvalue weighted by Gasteiger charge is 2.22. The number of nitrogens with zero attached hydrogens (tertiary/aromatic N) is 3. The maximum Gasteiger partial charge on any atom is 0.249 e. The van der Waals surface area contributed by atoms with Gasteiger partial charge in [-0.25, -0.2) is 0 Å². The van der Waals surface area contributed by atoms with E-state index in [2.05, 4.69) is 10.2 Å². The molecule has 2 heterocycles. The van der Waals surface area contributed by atoms with Crippen molar-refractivity contribution in [3.63, 3.8) is 0 Å². The van der Waals surface area contributed by atoms with Gasteiger partial charge in [-0.15, -0.1) is 5.10 Å². The third kappa shape index (κ3) is 2.47. The monoisotopic (exact) mass is 251 g/mol. The fraction of sp³-hybridized carbons (Fsp3) is 0.417. The van der Waals surface area contributed by atoms with Crippen LogP contribution in [-0.2, 0) is 17.8 Å². The van der Waals surface area contributed by atoms with E-state index in [-0.39, 0.29) is 5.91 Å². The average molecular weight is 252 g/mol. The van der Waals surface area contributed by atoms with E-state index in [1.54, 1.807) is 6.07 Å². The predicted octanol–water partition coefficient (Wildman–Crippen LogP) is 1.98. The van der Waals surface area contributed by atoms with Crippen molar-refractivity contribution >= 4 is 17.5 Å². The molecule has 0 bridgehead atoms. The molecule has 2 rings (SSSR count). The lowest BCUT2D eigenvalue weighted by molar-refractivity contribution is -0.128.